The average Bonchev–Trinajstić information content (AvgIpc) is 2.02. The van der Waals surface area contributed by atoms with Crippen molar-refractivity contribution in [2.45, 2.75) is 25.7 Å². The van der Waals surface area contributed by atoms with E-state index in [1.165, 1.54) is 6.08 Å². The third-order valence-electron chi connectivity index (χ3n) is 2.72. The van der Waals surface area contributed by atoms with Crippen LogP contribution in [0.2, 0.25) is 0 Å². The first kappa shape index (κ1) is 10.8. The summed E-state index contributed by atoms with van der Waals surface area (Å²) in [5, 5.41) is 11.6. The van der Waals surface area contributed by atoms with Crippen molar-refractivity contribution in [2.75, 3.05) is 6.54 Å². The van der Waals surface area contributed by atoms with Gasteiger partial charge in [-0.05, 0) is 12.8 Å². The number of nitrogens with one attached hydrogen (secondary N) is 1. The lowest BCUT2D eigenvalue weighted by Crippen LogP contribution is -2.47. The lowest BCUT2D eigenvalue weighted by Gasteiger charge is -2.37. The number of carbonyl (C=O) groups is 2. The summed E-state index contributed by atoms with van der Waals surface area (Å²) >= 11 is 0. The molecule has 78 valence electrons. The van der Waals surface area contributed by atoms with E-state index in [0.29, 0.717) is 12.8 Å². The second-order valence-electron chi connectivity index (χ2n) is 3.71. The second-order valence-corrected chi connectivity index (χ2v) is 3.71. The summed E-state index contributed by atoms with van der Waals surface area (Å²) < 4.78 is 0. The van der Waals surface area contributed by atoms with Crippen LogP contribution >= 0.6 is 0 Å². The third kappa shape index (κ3) is 2.13. The van der Waals surface area contributed by atoms with Crippen molar-refractivity contribution in [3.05, 3.63) is 12.7 Å². The molecule has 1 fully saturated rings. The SMILES string of the molecule is C=CCC(=O)NCC1(C(=O)O)CCC1. The van der Waals surface area contributed by atoms with Gasteiger partial charge in [-0.3, -0.25) is 9.59 Å². The lowest BCUT2D eigenvalue weighted by atomic mass is 9.69. The van der Waals surface area contributed by atoms with Crippen LogP contribution in [0.15, 0.2) is 12.7 Å². The summed E-state index contributed by atoms with van der Waals surface area (Å²) in [4.78, 5) is 22.0. The first-order valence-electron chi connectivity index (χ1n) is 4.72. The summed E-state index contributed by atoms with van der Waals surface area (Å²) in [6, 6.07) is 0. The molecule has 0 atom stereocenters. The molecule has 0 bridgehead atoms. The molecule has 4 heteroatoms. The lowest BCUT2D eigenvalue weighted by molar-refractivity contribution is -0.154. The van der Waals surface area contributed by atoms with Crippen molar-refractivity contribution in [1.82, 2.24) is 5.32 Å². The van der Waals surface area contributed by atoms with Gasteiger partial charge >= 0.3 is 5.97 Å². The summed E-state index contributed by atoms with van der Waals surface area (Å²) in [6.45, 7) is 3.68. The highest BCUT2D eigenvalue weighted by Gasteiger charge is 2.44. The third-order valence-corrected chi connectivity index (χ3v) is 2.72. The van der Waals surface area contributed by atoms with E-state index in [4.69, 9.17) is 5.11 Å². The highest BCUT2D eigenvalue weighted by Crippen LogP contribution is 2.40. The Morgan fingerprint density at radius 2 is 2.14 bits per heavy atom. The van der Waals surface area contributed by atoms with Gasteiger partial charge in [-0.15, -0.1) is 6.58 Å². The van der Waals surface area contributed by atoms with E-state index in [1.807, 2.05) is 0 Å². The summed E-state index contributed by atoms with van der Waals surface area (Å²) in [7, 11) is 0. The molecule has 1 rings (SSSR count). The van der Waals surface area contributed by atoms with Crippen molar-refractivity contribution in [3.63, 3.8) is 0 Å². The van der Waals surface area contributed by atoms with Gasteiger partial charge in [-0.2, -0.15) is 0 Å². The second kappa shape index (κ2) is 4.26. The maximum absolute atomic E-state index is 11.1. The zero-order chi connectivity index (χ0) is 10.6. The van der Waals surface area contributed by atoms with Gasteiger partial charge < -0.3 is 10.4 Å². The molecule has 0 radical (unpaired) electrons. The van der Waals surface area contributed by atoms with Crippen LogP contribution in [0.4, 0.5) is 0 Å². The molecule has 2 N–H and O–H groups in total. The van der Waals surface area contributed by atoms with Gasteiger partial charge in [0.1, 0.15) is 0 Å². The van der Waals surface area contributed by atoms with Crippen molar-refractivity contribution in [2.24, 2.45) is 5.41 Å². The molecule has 0 unspecified atom stereocenters. The Balaban J connectivity index is 2.38. The topological polar surface area (TPSA) is 66.4 Å². The van der Waals surface area contributed by atoms with E-state index in [0.717, 1.165) is 6.42 Å². The predicted molar refractivity (Wildman–Crippen MR) is 51.7 cm³/mol. The summed E-state index contributed by atoms with van der Waals surface area (Å²) in [5.41, 5.74) is -0.698. The molecule has 1 aliphatic rings. The molecule has 0 saturated heterocycles. The van der Waals surface area contributed by atoms with E-state index in [9.17, 15) is 9.59 Å². The molecule has 4 nitrogen and oxygen atoms in total. The molecule has 1 aliphatic carbocycles. The van der Waals surface area contributed by atoms with Gasteiger partial charge in [-0.1, -0.05) is 12.5 Å². The maximum Gasteiger partial charge on any atom is 0.311 e. The van der Waals surface area contributed by atoms with Crippen LogP contribution in [0.3, 0.4) is 0 Å². The predicted octanol–water partition coefficient (Wildman–Crippen LogP) is 0.934. The molecule has 0 spiro atoms. The highest BCUT2D eigenvalue weighted by atomic mass is 16.4. The number of hydrogen-bond acceptors (Lipinski definition) is 2. The van der Waals surface area contributed by atoms with E-state index in [2.05, 4.69) is 11.9 Å². The fraction of sp³-hybridized carbons (Fsp3) is 0.600. The molecule has 0 aromatic carbocycles. The summed E-state index contributed by atoms with van der Waals surface area (Å²) in [6.07, 6.45) is 4.01. The van der Waals surface area contributed by atoms with Gasteiger partial charge in [0.25, 0.3) is 0 Å². The number of hydrogen-bond donors (Lipinski definition) is 2. The minimum absolute atomic E-state index is 0.160. The van der Waals surface area contributed by atoms with Crippen LogP contribution in [0.1, 0.15) is 25.7 Å². The molecular formula is C10H15NO3. The zero-order valence-corrected chi connectivity index (χ0v) is 8.08. The Bertz CT molecular complexity index is 256. The molecule has 0 heterocycles. The zero-order valence-electron chi connectivity index (χ0n) is 8.08. The van der Waals surface area contributed by atoms with E-state index >= 15 is 0 Å². The van der Waals surface area contributed by atoms with Crippen LogP contribution in [-0.2, 0) is 9.59 Å². The minimum atomic E-state index is -0.803. The Morgan fingerprint density at radius 3 is 2.50 bits per heavy atom. The maximum atomic E-state index is 11.1. The van der Waals surface area contributed by atoms with Gasteiger partial charge in [0.15, 0.2) is 0 Å². The van der Waals surface area contributed by atoms with Crippen molar-refractivity contribution >= 4 is 11.9 Å². The Morgan fingerprint density at radius 1 is 1.50 bits per heavy atom. The fourth-order valence-corrected chi connectivity index (χ4v) is 1.54. The normalized spacial score (nSPS) is 18.0. The largest absolute Gasteiger partial charge is 0.481 e. The van der Waals surface area contributed by atoms with E-state index in [-0.39, 0.29) is 18.9 Å². The average molecular weight is 197 g/mol. The van der Waals surface area contributed by atoms with Gasteiger partial charge in [0.2, 0.25) is 5.91 Å². The van der Waals surface area contributed by atoms with Gasteiger partial charge in [0, 0.05) is 13.0 Å². The highest BCUT2D eigenvalue weighted by molar-refractivity contribution is 5.80. The van der Waals surface area contributed by atoms with Crippen molar-refractivity contribution in [3.8, 4) is 0 Å². The Kier molecular flexibility index (Phi) is 3.28. The molecule has 0 aromatic rings. The van der Waals surface area contributed by atoms with Crippen molar-refractivity contribution < 1.29 is 14.7 Å². The molecule has 0 aliphatic heterocycles. The first-order chi connectivity index (χ1) is 6.60. The minimum Gasteiger partial charge on any atom is -0.481 e. The molecule has 14 heavy (non-hydrogen) atoms. The quantitative estimate of drug-likeness (QED) is 0.644. The van der Waals surface area contributed by atoms with E-state index in [1.54, 1.807) is 0 Å². The van der Waals surface area contributed by atoms with Crippen LogP contribution in [0, 0.1) is 5.41 Å². The molecular weight excluding hydrogens is 182 g/mol. The van der Waals surface area contributed by atoms with Crippen LogP contribution < -0.4 is 5.32 Å². The van der Waals surface area contributed by atoms with Crippen molar-refractivity contribution in [1.29, 1.82) is 0 Å². The van der Waals surface area contributed by atoms with E-state index < -0.39 is 11.4 Å². The standard InChI is InChI=1S/C10H15NO3/c1-2-4-8(12)11-7-10(9(13)14)5-3-6-10/h2H,1,3-7H2,(H,11,12)(H,13,14). The molecule has 1 amide bonds. The smallest absolute Gasteiger partial charge is 0.311 e. The molecule has 0 aromatic heterocycles. The first-order valence-corrected chi connectivity index (χ1v) is 4.72. The van der Waals surface area contributed by atoms with Gasteiger partial charge in [-0.25, -0.2) is 0 Å². The summed E-state index contributed by atoms with van der Waals surface area (Å²) in [5.74, 6) is -0.963. The Hall–Kier alpha value is -1.32. The number of amides is 1. The van der Waals surface area contributed by atoms with Crippen LogP contribution in [0.25, 0.3) is 0 Å². The number of rotatable bonds is 5. The van der Waals surface area contributed by atoms with Crippen LogP contribution in [-0.4, -0.2) is 23.5 Å². The number of carboxylic acid groups (broad SMARTS) is 1. The number of aliphatic carboxylic acids is 1. The number of carbonyl (C=O) groups excluding carboxylic acids is 1. The van der Waals surface area contributed by atoms with Crippen LogP contribution in [0.5, 0.6) is 0 Å². The Labute approximate surface area is 83.0 Å². The fourth-order valence-electron chi connectivity index (χ4n) is 1.54. The number of carboxylic acids is 1. The molecule has 1 saturated carbocycles. The monoisotopic (exact) mass is 197 g/mol. The van der Waals surface area contributed by atoms with Gasteiger partial charge in [0.05, 0.1) is 5.41 Å².